The lowest BCUT2D eigenvalue weighted by molar-refractivity contribution is 0.140. The molecular weight excluding hydrogens is 228 g/mol. The molecule has 0 aliphatic rings. The van der Waals surface area contributed by atoms with E-state index in [1.807, 2.05) is 31.2 Å². The second kappa shape index (κ2) is 4.58. The van der Waals surface area contributed by atoms with Gasteiger partial charge in [-0.25, -0.2) is 0 Å². The third-order valence-electron chi connectivity index (χ3n) is 2.08. The molecule has 1 rings (SSSR count). The molecule has 0 fully saturated rings. The van der Waals surface area contributed by atoms with Crippen molar-refractivity contribution in [2.45, 2.75) is 13.0 Å². The maximum Gasteiger partial charge on any atom is 0.0849 e. The van der Waals surface area contributed by atoms with E-state index in [0.29, 0.717) is 0 Å². The molecule has 2 atom stereocenters. The smallest absolute Gasteiger partial charge is 0.0849 e. The fourth-order valence-corrected chi connectivity index (χ4v) is 1.36. The average molecular weight is 241 g/mol. The minimum Gasteiger partial charge on any atom is -0.388 e. The lowest BCUT2D eigenvalue weighted by Gasteiger charge is -2.15. The van der Waals surface area contributed by atoms with Gasteiger partial charge in [-0.2, -0.15) is 0 Å². The van der Waals surface area contributed by atoms with Crippen LogP contribution in [-0.2, 0) is 0 Å². The van der Waals surface area contributed by atoms with Crippen molar-refractivity contribution in [1.82, 2.24) is 0 Å². The predicted molar refractivity (Wildman–Crippen MR) is 58.5 cm³/mol. The fourth-order valence-electron chi connectivity index (χ4n) is 1.09. The van der Waals surface area contributed by atoms with Crippen LogP contribution in [0.15, 0.2) is 41.4 Å². The Bertz CT molecular complexity index is 279. The van der Waals surface area contributed by atoms with Crippen LogP contribution in [0.2, 0.25) is 0 Å². The summed E-state index contributed by atoms with van der Waals surface area (Å²) in [6.07, 6.45) is 1.30. The van der Waals surface area contributed by atoms with Crippen molar-refractivity contribution in [2.75, 3.05) is 0 Å². The molecule has 2 heteroatoms. The maximum absolute atomic E-state index is 9.79. The Balaban J connectivity index is 2.82. The van der Waals surface area contributed by atoms with Gasteiger partial charge in [0, 0.05) is 10.4 Å². The maximum atomic E-state index is 9.79. The van der Waals surface area contributed by atoms with Crippen molar-refractivity contribution in [3.63, 3.8) is 0 Å². The van der Waals surface area contributed by atoms with Crippen LogP contribution in [0.3, 0.4) is 0 Å². The third kappa shape index (κ3) is 2.68. The van der Waals surface area contributed by atoms with E-state index >= 15 is 0 Å². The fraction of sp³-hybridized carbons (Fsp3) is 0.273. The molecule has 0 aromatic heterocycles. The third-order valence-corrected chi connectivity index (χ3v) is 2.61. The minimum absolute atomic E-state index is 0.0844. The van der Waals surface area contributed by atoms with Crippen molar-refractivity contribution >= 4 is 15.9 Å². The van der Waals surface area contributed by atoms with Crippen molar-refractivity contribution in [3.8, 4) is 0 Å². The number of benzene rings is 1. The Morgan fingerprint density at radius 3 is 2.38 bits per heavy atom. The van der Waals surface area contributed by atoms with E-state index in [-0.39, 0.29) is 5.92 Å². The van der Waals surface area contributed by atoms with Crippen LogP contribution in [0, 0.1) is 5.92 Å². The van der Waals surface area contributed by atoms with E-state index in [9.17, 15) is 5.11 Å². The van der Waals surface area contributed by atoms with Crippen molar-refractivity contribution in [3.05, 3.63) is 47.0 Å². The molecule has 0 aliphatic carbocycles. The van der Waals surface area contributed by atoms with Gasteiger partial charge in [0.25, 0.3) is 0 Å². The highest BCUT2D eigenvalue weighted by Gasteiger charge is 2.12. The zero-order valence-corrected chi connectivity index (χ0v) is 9.16. The molecule has 1 aromatic rings. The van der Waals surface area contributed by atoms with E-state index in [2.05, 4.69) is 22.5 Å². The molecule has 1 nitrogen and oxygen atoms in total. The summed E-state index contributed by atoms with van der Waals surface area (Å²) in [5, 5.41) is 9.79. The summed E-state index contributed by atoms with van der Waals surface area (Å²) in [4.78, 5) is 0. The lowest BCUT2D eigenvalue weighted by Crippen LogP contribution is -2.05. The summed E-state index contributed by atoms with van der Waals surface area (Å²) >= 11 is 3.35. The Morgan fingerprint density at radius 2 is 1.92 bits per heavy atom. The normalized spacial score (nSPS) is 15.0. The average Bonchev–Trinajstić information content (AvgIpc) is 2.17. The lowest BCUT2D eigenvalue weighted by atomic mass is 9.98. The summed E-state index contributed by atoms with van der Waals surface area (Å²) in [6, 6.07) is 7.67. The largest absolute Gasteiger partial charge is 0.388 e. The highest BCUT2D eigenvalue weighted by Crippen LogP contribution is 2.23. The second-order valence-corrected chi connectivity index (χ2v) is 4.01. The van der Waals surface area contributed by atoms with Gasteiger partial charge >= 0.3 is 0 Å². The molecule has 0 amide bonds. The molecule has 70 valence electrons. The van der Waals surface area contributed by atoms with Crippen LogP contribution in [0.25, 0.3) is 0 Å². The Morgan fingerprint density at radius 1 is 1.38 bits per heavy atom. The molecular formula is C11H13BrO. The molecule has 0 spiro atoms. The van der Waals surface area contributed by atoms with Gasteiger partial charge in [-0.15, -0.1) is 6.58 Å². The molecule has 0 saturated heterocycles. The molecule has 0 heterocycles. The van der Waals surface area contributed by atoms with Crippen LogP contribution in [0.4, 0.5) is 0 Å². The highest BCUT2D eigenvalue weighted by molar-refractivity contribution is 9.10. The first-order chi connectivity index (χ1) is 6.15. The molecule has 1 N–H and O–H groups in total. The van der Waals surface area contributed by atoms with Gasteiger partial charge in [0.2, 0.25) is 0 Å². The van der Waals surface area contributed by atoms with Gasteiger partial charge in [-0.05, 0) is 17.7 Å². The monoisotopic (exact) mass is 240 g/mol. The Hall–Kier alpha value is -0.600. The van der Waals surface area contributed by atoms with E-state index in [1.165, 1.54) is 0 Å². The quantitative estimate of drug-likeness (QED) is 0.805. The number of hydrogen-bond donors (Lipinski definition) is 1. The van der Waals surface area contributed by atoms with Gasteiger partial charge < -0.3 is 5.11 Å². The second-order valence-electron chi connectivity index (χ2n) is 3.09. The first-order valence-electron chi connectivity index (χ1n) is 4.21. The van der Waals surface area contributed by atoms with Gasteiger partial charge in [0.05, 0.1) is 6.10 Å². The van der Waals surface area contributed by atoms with E-state index in [4.69, 9.17) is 0 Å². The first-order valence-corrected chi connectivity index (χ1v) is 5.00. The number of aliphatic hydroxyl groups is 1. The first kappa shape index (κ1) is 10.5. The Labute approximate surface area is 87.2 Å². The van der Waals surface area contributed by atoms with Crippen LogP contribution >= 0.6 is 15.9 Å². The number of aliphatic hydroxyl groups excluding tert-OH is 1. The molecule has 0 saturated carbocycles. The predicted octanol–water partition coefficient (Wildman–Crippen LogP) is 3.30. The van der Waals surface area contributed by atoms with Crippen LogP contribution in [-0.4, -0.2) is 5.11 Å². The van der Waals surface area contributed by atoms with Crippen LogP contribution in [0.5, 0.6) is 0 Å². The number of hydrogen-bond acceptors (Lipinski definition) is 1. The topological polar surface area (TPSA) is 20.2 Å². The SMILES string of the molecule is C=CC(C)C(O)c1ccc(Br)cc1. The minimum atomic E-state index is -0.453. The molecule has 2 unspecified atom stereocenters. The standard InChI is InChI=1S/C11H13BrO/c1-3-8(2)11(13)9-4-6-10(12)7-5-9/h3-8,11,13H,1H2,2H3. The van der Waals surface area contributed by atoms with E-state index in [0.717, 1.165) is 10.0 Å². The number of halogens is 1. The summed E-state index contributed by atoms with van der Waals surface area (Å²) < 4.78 is 1.02. The zero-order valence-electron chi connectivity index (χ0n) is 7.57. The van der Waals surface area contributed by atoms with Crippen LogP contribution in [0.1, 0.15) is 18.6 Å². The van der Waals surface area contributed by atoms with Gasteiger partial charge in [0.1, 0.15) is 0 Å². The van der Waals surface area contributed by atoms with E-state index in [1.54, 1.807) is 6.08 Å². The van der Waals surface area contributed by atoms with Crippen molar-refractivity contribution in [2.24, 2.45) is 5.92 Å². The summed E-state index contributed by atoms with van der Waals surface area (Å²) in [6.45, 7) is 5.60. The summed E-state index contributed by atoms with van der Waals surface area (Å²) in [5.41, 5.74) is 0.926. The summed E-state index contributed by atoms with van der Waals surface area (Å²) in [7, 11) is 0. The van der Waals surface area contributed by atoms with Crippen molar-refractivity contribution < 1.29 is 5.11 Å². The zero-order chi connectivity index (χ0) is 9.84. The van der Waals surface area contributed by atoms with Gasteiger partial charge in [-0.1, -0.05) is 41.1 Å². The molecule has 0 radical (unpaired) electrons. The molecule has 1 aromatic carbocycles. The van der Waals surface area contributed by atoms with Crippen LogP contribution < -0.4 is 0 Å². The van der Waals surface area contributed by atoms with E-state index < -0.39 is 6.10 Å². The van der Waals surface area contributed by atoms with Crippen molar-refractivity contribution in [1.29, 1.82) is 0 Å². The molecule has 0 aliphatic heterocycles. The van der Waals surface area contributed by atoms with Gasteiger partial charge in [0.15, 0.2) is 0 Å². The molecule has 13 heavy (non-hydrogen) atoms. The molecule has 0 bridgehead atoms. The summed E-state index contributed by atoms with van der Waals surface area (Å²) in [5.74, 6) is 0.0844. The Kier molecular flexibility index (Phi) is 3.70. The highest BCUT2D eigenvalue weighted by atomic mass is 79.9. The number of rotatable bonds is 3. The van der Waals surface area contributed by atoms with Gasteiger partial charge in [-0.3, -0.25) is 0 Å².